The van der Waals surface area contributed by atoms with Crippen LogP contribution in [0.15, 0.2) is 52.3 Å². The molecule has 2 rings (SSSR count). The van der Waals surface area contributed by atoms with E-state index in [4.69, 9.17) is 16.3 Å². The van der Waals surface area contributed by atoms with Crippen molar-refractivity contribution in [2.75, 3.05) is 20.3 Å². The van der Waals surface area contributed by atoms with Crippen molar-refractivity contribution in [1.29, 1.82) is 0 Å². The first-order chi connectivity index (χ1) is 10.2. The van der Waals surface area contributed by atoms with Crippen molar-refractivity contribution in [3.8, 4) is 0 Å². The van der Waals surface area contributed by atoms with Gasteiger partial charge in [0.05, 0.1) is 6.61 Å². The summed E-state index contributed by atoms with van der Waals surface area (Å²) in [7, 11) is 1.71. The van der Waals surface area contributed by atoms with Crippen molar-refractivity contribution < 1.29 is 4.74 Å². The molecule has 2 nitrogen and oxygen atoms in total. The Balaban J connectivity index is 2.13. The number of halogens is 1. The summed E-state index contributed by atoms with van der Waals surface area (Å²) in [5.41, 5.74) is 2.53. The first-order valence-electron chi connectivity index (χ1n) is 6.92. The summed E-state index contributed by atoms with van der Waals surface area (Å²) in [4.78, 5) is 2.46. The molecule has 21 heavy (non-hydrogen) atoms. The first-order valence-corrected chi connectivity index (χ1v) is 8.11. The third-order valence-electron chi connectivity index (χ3n) is 3.14. The van der Waals surface area contributed by atoms with E-state index < -0.39 is 0 Å². The van der Waals surface area contributed by atoms with Crippen LogP contribution in [0, 0.1) is 6.92 Å². The SMILES string of the molecule is COCCNCc1ccc(Cl)cc1Sc1ccccc1C. The summed E-state index contributed by atoms with van der Waals surface area (Å²) in [6, 6.07) is 14.5. The lowest BCUT2D eigenvalue weighted by Gasteiger charge is -2.12. The Hall–Kier alpha value is -1.00. The standard InChI is InChI=1S/C17H20ClNOS/c1-13-5-3-4-6-16(13)21-17-11-15(18)8-7-14(17)12-19-9-10-20-2/h3-8,11,19H,9-10,12H2,1-2H3. The second-order valence-electron chi connectivity index (χ2n) is 4.79. The molecule has 112 valence electrons. The van der Waals surface area contributed by atoms with Gasteiger partial charge in [-0.2, -0.15) is 0 Å². The van der Waals surface area contributed by atoms with E-state index in [1.54, 1.807) is 18.9 Å². The highest BCUT2D eigenvalue weighted by molar-refractivity contribution is 7.99. The van der Waals surface area contributed by atoms with E-state index in [-0.39, 0.29) is 0 Å². The van der Waals surface area contributed by atoms with Gasteiger partial charge in [0.25, 0.3) is 0 Å². The molecule has 0 unspecified atom stereocenters. The van der Waals surface area contributed by atoms with E-state index in [0.717, 1.165) is 18.1 Å². The van der Waals surface area contributed by atoms with Gasteiger partial charge in [-0.3, -0.25) is 0 Å². The monoisotopic (exact) mass is 321 g/mol. The maximum absolute atomic E-state index is 6.15. The van der Waals surface area contributed by atoms with Crippen LogP contribution in [0.2, 0.25) is 5.02 Å². The fourth-order valence-corrected chi connectivity index (χ4v) is 3.26. The Morgan fingerprint density at radius 2 is 1.95 bits per heavy atom. The van der Waals surface area contributed by atoms with E-state index in [1.807, 2.05) is 12.1 Å². The van der Waals surface area contributed by atoms with Gasteiger partial charge in [-0.15, -0.1) is 0 Å². The van der Waals surface area contributed by atoms with Crippen molar-refractivity contribution >= 4 is 23.4 Å². The van der Waals surface area contributed by atoms with Crippen molar-refractivity contribution in [3.05, 3.63) is 58.6 Å². The van der Waals surface area contributed by atoms with E-state index >= 15 is 0 Å². The molecule has 0 saturated heterocycles. The molecule has 0 fully saturated rings. The highest BCUT2D eigenvalue weighted by Crippen LogP contribution is 2.34. The minimum atomic E-state index is 0.716. The lowest BCUT2D eigenvalue weighted by atomic mass is 10.2. The molecule has 0 saturated carbocycles. The molecule has 0 radical (unpaired) electrons. The molecule has 0 heterocycles. The summed E-state index contributed by atoms with van der Waals surface area (Å²) < 4.78 is 5.05. The summed E-state index contributed by atoms with van der Waals surface area (Å²) in [5.74, 6) is 0. The first kappa shape index (κ1) is 16.4. The van der Waals surface area contributed by atoms with Crippen LogP contribution in [0.5, 0.6) is 0 Å². The van der Waals surface area contributed by atoms with Gasteiger partial charge in [-0.25, -0.2) is 0 Å². The summed E-state index contributed by atoms with van der Waals surface area (Å²) in [6.45, 7) is 4.50. The molecule has 1 N–H and O–H groups in total. The lowest BCUT2D eigenvalue weighted by Crippen LogP contribution is -2.18. The number of nitrogens with one attached hydrogen (secondary N) is 1. The van der Waals surface area contributed by atoms with Crippen molar-refractivity contribution in [2.45, 2.75) is 23.3 Å². The summed E-state index contributed by atoms with van der Waals surface area (Å²) in [5, 5.41) is 4.15. The van der Waals surface area contributed by atoms with Crippen LogP contribution in [0.1, 0.15) is 11.1 Å². The fourth-order valence-electron chi connectivity index (χ4n) is 1.96. The molecule has 0 aliphatic heterocycles. The minimum absolute atomic E-state index is 0.716. The Kier molecular flexibility index (Phi) is 6.58. The van der Waals surface area contributed by atoms with Gasteiger partial charge in [0.2, 0.25) is 0 Å². The smallest absolute Gasteiger partial charge is 0.0587 e. The Bertz CT molecular complexity index is 589. The molecule has 0 aliphatic rings. The Morgan fingerprint density at radius 3 is 2.71 bits per heavy atom. The molecule has 2 aromatic rings. The topological polar surface area (TPSA) is 21.3 Å². The number of methoxy groups -OCH3 is 1. The highest BCUT2D eigenvalue weighted by Gasteiger charge is 2.07. The van der Waals surface area contributed by atoms with E-state index in [1.165, 1.54) is 20.9 Å². The largest absolute Gasteiger partial charge is 0.383 e. The third-order valence-corrected chi connectivity index (χ3v) is 4.65. The molecule has 0 atom stereocenters. The number of hydrogen-bond donors (Lipinski definition) is 1. The molecule has 0 bridgehead atoms. The maximum Gasteiger partial charge on any atom is 0.0587 e. The zero-order chi connectivity index (χ0) is 15.1. The van der Waals surface area contributed by atoms with Gasteiger partial charge in [0.1, 0.15) is 0 Å². The predicted molar refractivity (Wildman–Crippen MR) is 90.3 cm³/mol. The van der Waals surface area contributed by atoms with E-state index in [2.05, 4.69) is 42.6 Å². The summed E-state index contributed by atoms with van der Waals surface area (Å²) >= 11 is 7.92. The van der Waals surface area contributed by atoms with E-state index in [9.17, 15) is 0 Å². The van der Waals surface area contributed by atoms with Gasteiger partial charge in [-0.1, -0.05) is 47.6 Å². The van der Waals surface area contributed by atoms with Crippen LogP contribution < -0.4 is 5.32 Å². The molecular weight excluding hydrogens is 302 g/mol. The molecule has 2 aromatic carbocycles. The average Bonchev–Trinajstić information content (AvgIpc) is 2.48. The van der Waals surface area contributed by atoms with Crippen molar-refractivity contribution in [1.82, 2.24) is 5.32 Å². The number of ether oxygens (including phenoxy) is 1. The molecule has 0 amide bonds. The van der Waals surface area contributed by atoms with Crippen molar-refractivity contribution in [2.24, 2.45) is 0 Å². The average molecular weight is 322 g/mol. The van der Waals surface area contributed by atoms with Gasteiger partial charge in [0.15, 0.2) is 0 Å². The summed E-state index contributed by atoms with van der Waals surface area (Å²) in [6.07, 6.45) is 0. The molecule has 0 spiro atoms. The molecular formula is C17H20ClNOS. The second kappa shape index (κ2) is 8.44. The zero-order valence-corrected chi connectivity index (χ0v) is 13.9. The maximum atomic E-state index is 6.15. The van der Waals surface area contributed by atoms with Crippen LogP contribution in [0.3, 0.4) is 0 Å². The van der Waals surface area contributed by atoms with E-state index in [0.29, 0.717) is 6.61 Å². The van der Waals surface area contributed by atoms with Gasteiger partial charge in [-0.05, 0) is 36.2 Å². The van der Waals surface area contributed by atoms with Crippen LogP contribution in [-0.2, 0) is 11.3 Å². The molecule has 0 aliphatic carbocycles. The zero-order valence-electron chi connectivity index (χ0n) is 12.4. The van der Waals surface area contributed by atoms with Crippen LogP contribution in [0.4, 0.5) is 0 Å². The fraction of sp³-hybridized carbons (Fsp3) is 0.294. The normalized spacial score (nSPS) is 10.8. The quantitative estimate of drug-likeness (QED) is 0.757. The molecule has 0 aromatic heterocycles. The van der Waals surface area contributed by atoms with Crippen LogP contribution in [-0.4, -0.2) is 20.3 Å². The van der Waals surface area contributed by atoms with Gasteiger partial charge < -0.3 is 10.1 Å². The third kappa shape index (κ3) is 5.04. The Labute approximate surface area is 135 Å². The Morgan fingerprint density at radius 1 is 1.14 bits per heavy atom. The van der Waals surface area contributed by atoms with Crippen molar-refractivity contribution in [3.63, 3.8) is 0 Å². The number of aryl methyl sites for hydroxylation is 1. The predicted octanol–water partition coefficient (Wildman–Crippen LogP) is 4.54. The van der Waals surface area contributed by atoms with Crippen LogP contribution >= 0.6 is 23.4 Å². The van der Waals surface area contributed by atoms with Gasteiger partial charge >= 0.3 is 0 Å². The van der Waals surface area contributed by atoms with Crippen LogP contribution in [0.25, 0.3) is 0 Å². The minimum Gasteiger partial charge on any atom is -0.383 e. The number of rotatable bonds is 7. The number of hydrogen-bond acceptors (Lipinski definition) is 3. The molecule has 4 heteroatoms. The lowest BCUT2D eigenvalue weighted by molar-refractivity contribution is 0.199. The highest BCUT2D eigenvalue weighted by atomic mass is 35.5. The second-order valence-corrected chi connectivity index (χ2v) is 6.31. The van der Waals surface area contributed by atoms with Gasteiger partial charge in [0, 0.05) is 35.0 Å². The number of benzene rings is 2.